The highest BCUT2D eigenvalue weighted by molar-refractivity contribution is 5.94. The van der Waals surface area contributed by atoms with Crippen molar-refractivity contribution in [1.29, 1.82) is 0 Å². The molecule has 1 fully saturated rings. The molecular formula is C19H24N4O2. The molecule has 6 nitrogen and oxygen atoms in total. The topological polar surface area (TPSA) is 71.0 Å². The van der Waals surface area contributed by atoms with Crippen LogP contribution in [0.15, 0.2) is 23.3 Å². The number of rotatable bonds is 2. The molecular weight excluding hydrogens is 316 g/mol. The van der Waals surface area contributed by atoms with Crippen LogP contribution >= 0.6 is 0 Å². The molecule has 0 spiro atoms. The van der Waals surface area contributed by atoms with Crippen LogP contribution in [0.1, 0.15) is 59.0 Å². The Balaban J connectivity index is 1.62. The monoisotopic (exact) mass is 340 g/mol. The van der Waals surface area contributed by atoms with Crippen LogP contribution < -0.4 is 5.56 Å². The highest BCUT2D eigenvalue weighted by Crippen LogP contribution is 2.26. The molecule has 1 saturated heterocycles. The molecule has 2 aromatic heterocycles. The minimum absolute atomic E-state index is 0.134. The molecule has 4 rings (SSSR count). The largest absolute Gasteiger partial charge is 0.348 e. The second kappa shape index (κ2) is 6.50. The Morgan fingerprint density at radius 1 is 1.28 bits per heavy atom. The van der Waals surface area contributed by atoms with Crippen molar-refractivity contribution in [3.05, 3.63) is 51.5 Å². The lowest BCUT2D eigenvalue weighted by Gasteiger charge is -2.32. The first-order valence-electron chi connectivity index (χ1n) is 9.15. The van der Waals surface area contributed by atoms with E-state index in [4.69, 9.17) is 0 Å². The smallest absolute Gasteiger partial charge is 0.263 e. The molecule has 6 heteroatoms. The van der Waals surface area contributed by atoms with Crippen molar-refractivity contribution in [3.8, 4) is 0 Å². The van der Waals surface area contributed by atoms with Gasteiger partial charge in [-0.1, -0.05) is 0 Å². The number of hydrogen-bond donors (Lipinski definition) is 1. The van der Waals surface area contributed by atoms with Crippen molar-refractivity contribution in [2.45, 2.75) is 44.4 Å². The van der Waals surface area contributed by atoms with Crippen LogP contribution in [0, 0.1) is 0 Å². The number of aromatic nitrogens is 3. The lowest BCUT2D eigenvalue weighted by molar-refractivity contribution is 0.0702. The van der Waals surface area contributed by atoms with E-state index in [0.29, 0.717) is 18.7 Å². The lowest BCUT2D eigenvalue weighted by atomic mass is 9.93. The number of aromatic amines is 1. The number of amides is 1. The van der Waals surface area contributed by atoms with E-state index >= 15 is 0 Å². The summed E-state index contributed by atoms with van der Waals surface area (Å²) in [6.07, 6.45) is 9.64. The third-order valence-electron chi connectivity index (χ3n) is 5.58. The molecule has 132 valence electrons. The zero-order valence-corrected chi connectivity index (χ0v) is 14.6. The van der Waals surface area contributed by atoms with Gasteiger partial charge < -0.3 is 14.5 Å². The molecule has 2 aromatic rings. The zero-order valence-electron chi connectivity index (χ0n) is 14.6. The summed E-state index contributed by atoms with van der Waals surface area (Å²) in [5.41, 5.74) is 2.42. The van der Waals surface area contributed by atoms with Crippen LogP contribution in [0.5, 0.6) is 0 Å². The molecule has 0 bridgehead atoms. The average Bonchev–Trinajstić information content (AvgIpc) is 3.19. The standard InChI is InChI=1S/C19H24N4O2/c1-22-16-7-3-2-5-13(16)11-15(18(22)24)19(25)23-10-4-6-14(12-23)17-20-8-9-21-17/h8-9,11,14H,2-7,10,12H2,1H3,(H,20,21)/t14-/m1/s1. The van der Waals surface area contributed by atoms with Crippen LogP contribution in [0.4, 0.5) is 0 Å². The molecule has 3 heterocycles. The first-order valence-corrected chi connectivity index (χ1v) is 9.15. The van der Waals surface area contributed by atoms with E-state index in [-0.39, 0.29) is 17.4 Å². The molecule has 0 unspecified atom stereocenters. The van der Waals surface area contributed by atoms with Crippen molar-refractivity contribution < 1.29 is 4.79 Å². The van der Waals surface area contributed by atoms with Crippen LogP contribution in [0.25, 0.3) is 0 Å². The maximum Gasteiger partial charge on any atom is 0.263 e. The number of nitrogens with one attached hydrogen (secondary N) is 1. The molecule has 1 N–H and O–H groups in total. The number of fused-ring (bicyclic) bond motifs is 1. The van der Waals surface area contributed by atoms with E-state index < -0.39 is 0 Å². The van der Waals surface area contributed by atoms with Crippen molar-refractivity contribution >= 4 is 5.91 Å². The van der Waals surface area contributed by atoms with Gasteiger partial charge in [0.2, 0.25) is 0 Å². The van der Waals surface area contributed by atoms with Gasteiger partial charge in [0.15, 0.2) is 0 Å². The molecule has 25 heavy (non-hydrogen) atoms. The Morgan fingerprint density at radius 3 is 2.92 bits per heavy atom. The summed E-state index contributed by atoms with van der Waals surface area (Å²) in [6.45, 7) is 1.32. The minimum atomic E-state index is -0.161. The van der Waals surface area contributed by atoms with Gasteiger partial charge in [-0.05, 0) is 50.2 Å². The van der Waals surface area contributed by atoms with E-state index in [1.807, 2.05) is 17.2 Å². The van der Waals surface area contributed by atoms with E-state index in [1.54, 1.807) is 17.8 Å². The molecule has 1 atom stereocenters. The number of piperidine rings is 1. The fraction of sp³-hybridized carbons (Fsp3) is 0.526. The first kappa shape index (κ1) is 16.1. The number of likely N-dealkylation sites (tertiary alicyclic amines) is 1. The summed E-state index contributed by atoms with van der Waals surface area (Å²) in [5, 5.41) is 0. The van der Waals surface area contributed by atoms with Gasteiger partial charge in [-0.2, -0.15) is 0 Å². The molecule has 1 aliphatic heterocycles. The normalized spacial score (nSPS) is 20.4. The van der Waals surface area contributed by atoms with Gasteiger partial charge in [-0.15, -0.1) is 0 Å². The third kappa shape index (κ3) is 2.90. The third-order valence-corrected chi connectivity index (χ3v) is 5.58. The molecule has 1 aliphatic carbocycles. The minimum Gasteiger partial charge on any atom is -0.348 e. The van der Waals surface area contributed by atoms with Crippen molar-refractivity contribution in [2.24, 2.45) is 7.05 Å². The summed E-state index contributed by atoms with van der Waals surface area (Å²) < 4.78 is 1.69. The Hall–Kier alpha value is -2.37. The van der Waals surface area contributed by atoms with Crippen LogP contribution in [-0.2, 0) is 19.9 Å². The Morgan fingerprint density at radius 2 is 2.12 bits per heavy atom. The zero-order chi connectivity index (χ0) is 17.4. The maximum atomic E-state index is 13.1. The van der Waals surface area contributed by atoms with Crippen molar-refractivity contribution in [3.63, 3.8) is 0 Å². The van der Waals surface area contributed by atoms with Gasteiger partial charge in [-0.3, -0.25) is 9.59 Å². The Labute approximate surface area is 146 Å². The lowest BCUT2D eigenvalue weighted by Crippen LogP contribution is -2.42. The Kier molecular flexibility index (Phi) is 4.19. The van der Waals surface area contributed by atoms with E-state index in [9.17, 15) is 9.59 Å². The van der Waals surface area contributed by atoms with Crippen LogP contribution in [0.3, 0.4) is 0 Å². The number of H-pyrrole nitrogens is 1. The quantitative estimate of drug-likeness (QED) is 0.909. The number of carbonyl (C=O) groups is 1. The Bertz CT molecular complexity index is 838. The maximum absolute atomic E-state index is 13.1. The number of pyridine rings is 1. The summed E-state index contributed by atoms with van der Waals surface area (Å²) in [6, 6.07) is 1.86. The number of aryl methyl sites for hydroxylation is 1. The summed E-state index contributed by atoms with van der Waals surface area (Å²) in [4.78, 5) is 35.1. The van der Waals surface area contributed by atoms with E-state index in [0.717, 1.165) is 55.6 Å². The SMILES string of the molecule is Cn1c2c(cc(C(=O)N3CCC[C@@H](c4ncc[nH]4)C3)c1=O)CCCC2. The fourth-order valence-corrected chi connectivity index (χ4v) is 4.20. The van der Waals surface area contributed by atoms with Gasteiger partial charge in [-0.25, -0.2) is 4.98 Å². The highest BCUT2D eigenvalue weighted by Gasteiger charge is 2.29. The molecule has 2 aliphatic rings. The summed E-state index contributed by atoms with van der Waals surface area (Å²) in [7, 11) is 1.80. The van der Waals surface area contributed by atoms with Gasteiger partial charge in [0.1, 0.15) is 11.4 Å². The second-order valence-electron chi connectivity index (χ2n) is 7.17. The van der Waals surface area contributed by atoms with Gasteiger partial charge in [0, 0.05) is 44.1 Å². The molecule has 0 saturated carbocycles. The van der Waals surface area contributed by atoms with E-state index in [1.165, 1.54) is 0 Å². The number of hydrogen-bond acceptors (Lipinski definition) is 3. The molecule has 0 radical (unpaired) electrons. The van der Waals surface area contributed by atoms with Gasteiger partial charge in [0.25, 0.3) is 11.5 Å². The van der Waals surface area contributed by atoms with Crippen LogP contribution in [-0.4, -0.2) is 38.4 Å². The first-order chi connectivity index (χ1) is 12.1. The summed E-state index contributed by atoms with van der Waals surface area (Å²) in [5.74, 6) is 1.01. The fourth-order valence-electron chi connectivity index (χ4n) is 4.20. The van der Waals surface area contributed by atoms with Crippen molar-refractivity contribution in [1.82, 2.24) is 19.4 Å². The molecule has 0 aromatic carbocycles. The number of imidazole rings is 1. The highest BCUT2D eigenvalue weighted by atomic mass is 16.2. The second-order valence-corrected chi connectivity index (χ2v) is 7.17. The van der Waals surface area contributed by atoms with Gasteiger partial charge in [0.05, 0.1) is 0 Å². The molecule has 1 amide bonds. The van der Waals surface area contributed by atoms with E-state index in [2.05, 4.69) is 9.97 Å². The average molecular weight is 340 g/mol. The summed E-state index contributed by atoms with van der Waals surface area (Å²) >= 11 is 0. The number of carbonyl (C=O) groups excluding carboxylic acids is 1. The van der Waals surface area contributed by atoms with Crippen LogP contribution in [0.2, 0.25) is 0 Å². The van der Waals surface area contributed by atoms with Crippen molar-refractivity contribution in [2.75, 3.05) is 13.1 Å². The number of nitrogens with zero attached hydrogens (tertiary/aromatic N) is 3. The predicted octanol–water partition coefficient (Wildman–Crippen LogP) is 2.01. The predicted molar refractivity (Wildman–Crippen MR) is 94.8 cm³/mol. The van der Waals surface area contributed by atoms with Gasteiger partial charge >= 0.3 is 0 Å².